The molecule has 1 aromatic carbocycles. The van der Waals surface area contributed by atoms with Crippen molar-refractivity contribution in [2.75, 3.05) is 38.7 Å². The molecule has 1 aliphatic heterocycles. The molecular formula is C16H26N2O. The summed E-state index contributed by atoms with van der Waals surface area (Å²) in [5.74, 6) is 1.84. The zero-order valence-electron chi connectivity index (χ0n) is 12.2. The number of anilines is 1. The summed E-state index contributed by atoms with van der Waals surface area (Å²) in [6.45, 7) is 3.51. The molecule has 0 aliphatic carbocycles. The molecule has 1 unspecified atom stereocenters. The average Bonchev–Trinajstić information content (AvgIpc) is 2.48. The highest BCUT2D eigenvalue weighted by molar-refractivity contribution is 5.57. The summed E-state index contributed by atoms with van der Waals surface area (Å²) in [5, 5.41) is 3.49. The van der Waals surface area contributed by atoms with Crippen LogP contribution in [0.2, 0.25) is 0 Å². The minimum absolute atomic E-state index is 0.875. The molecule has 0 saturated carbocycles. The number of methoxy groups -OCH3 is 1. The third-order valence-electron chi connectivity index (χ3n) is 4.00. The van der Waals surface area contributed by atoms with Gasteiger partial charge in [0.2, 0.25) is 0 Å². The summed E-state index contributed by atoms with van der Waals surface area (Å²) < 4.78 is 5.41. The average molecular weight is 262 g/mol. The molecule has 2 rings (SSSR count). The zero-order chi connectivity index (χ0) is 13.5. The van der Waals surface area contributed by atoms with Crippen LogP contribution in [0.25, 0.3) is 0 Å². The molecule has 1 aliphatic rings. The van der Waals surface area contributed by atoms with Crippen molar-refractivity contribution in [3.8, 4) is 5.75 Å². The molecule has 0 amide bonds. The fourth-order valence-electron chi connectivity index (χ4n) is 2.85. The van der Waals surface area contributed by atoms with E-state index >= 15 is 0 Å². The fraction of sp³-hybridized carbons (Fsp3) is 0.625. The van der Waals surface area contributed by atoms with E-state index in [2.05, 4.69) is 29.4 Å². The second-order valence-electron chi connectivity index (χ2n) is 5.45. The first-order valence-corrected chi connectivity index (χ1v) is 7.36. The lowest BCUT2D eigenvalue weighted by Gasteiger charge is -2.25. The number of ether oxygens (including phenoxy) is 1. The van der Waals surface area contributed by atoms with Gasteiger partial charge < -0.3 is 15.0 Å². The first kappa shape index (κ1) is 14.2. The standard InChI is InChI=1S/C16H26N2O/c1-18(15-9-3-4-10-16(15)19-2)12-6-8-14-7-5-11-17-13-14/h3-4,9-10,14,17H,5-8,11-13H2,1-2H3. The number of hydrogen-bond donors (Lipinski definition) is 1. The van der Waals surface area contributed by atoms with Gasteiger partial charge in [-0.3, -0.25) is 0 Å². The van der Waals surface area contributed by atoms with Crippen molar-refractivity contribution in [2.24, 2.45) is 5.92 Å². The second-order valence-corrected chi connectivity index (χ2v) is 5.45. The van der Waals surface area contributed by atoms with E-state index in [1.807, 2.05) is 12.1 Å². The number of benzene rings is 1. The van der Waals surface area contributed by atoms with E-state index in [1.54, 1.807) is 7.11 Å². The zero-order valence-corrected chi connectivity index (χ0v) is 12.2. The third-order valence-corrected chi connectivity index (χ3v) is 4.00. The van der Waals surface area contributed by atoms with E-state index in [1.165, 1.54) is 44.5 Å². The molecule has 1 aromatic rings. The van der Waals surface area contributed by atoms with Crippen LogP contribution in [0.1, 0.15) is 25.7 Å². The van der Waals surface area contributed by atoms with E-state index in [9.17, 15) is 0 Å². The Labute approximate surface area is 116 Å². The molecule has 1 atom stereocenters. The van der Waals surface area contributed by atoms with Gasteiger partial charge in [-0.05, 0) is 56.8 Å². The Bertz CT molecular complexity index is 375. The molecule has 106 valence electrons. The largest absolute Gasteiger partial charge is 0.495 e. The molecule has 3 nitrogen and oxygen atoms in total. The van der Waals surface area contributed by atoms with Crippen LogP contribution in [0.5, 0.6) is 5.75 Å². The summed E-state index contributed by atoms with van der Waals surface area (Å²) >= 11 is 0. The van der Waals surface area contributed by atoms with Gasteiger partial charge in [-0.25, -0.2) is 0 Å². The fourth-order valence-corrected chi connectivity index (χ4v) is 2.85. The van der Waals surface area contributed by atoms with Crippen LogP contribution < -0.4 is 15.0 Å². The van der Waals surface area contributed by atoms with Gasteiger partial charge in [-0.2, -0.15) is 0 Å². The van der Waals surface area contributed by atoms with Crippen molar-refractivity contribution in [3.05, 3.63) is 24.3 Å². The van der Waals surface area contributed by atoms with Gasteiger partial charge in [0.05, 0.1) is 12.8 Å². The summed E-state index contributed by atoms with van der Waals surface area (Å²) in [6, 6.07) is 8.24. The molecule has 0 bridgehead atoms. The van der Waals surface area contributed by atoms with E-state index in [4.69, 9.17) is 4.74 Å². The van der Waals surface area contributed by atoms with Crippen molar-refractivity contribution < 1.29 is 4.74 Å². The molecular weight excluding hydrogens is 236 g/mol. The van der Waals surface area contributed by atoms with E-state index in [-0.39, 0.29) is 0 Å². The van der Waals surface area contributed by atoms with Crippen LogP contribution in [-0.2, 0) is 0 Å². The van der Waals surface area contributed by atoms with E-state index < -0.39 is 0 Å². The van der Waals surface area contributed by atoms with Gasteiger partial charge in [0.15, 0.2) is 0 Å². The lowest BCUT2D eigenvalue weighted by Crippen LogP contribution is -2.30. The van der Waals surface area contributed by atoms with Crippen molar-refractivity contribution >= 4 is 5.69 Å². The van der Waals surface area contributed by atoms with E-state index in [0.717, 1.165) is 18.2 Å². The second kappa shape index (κ2) is 7.39. The van der Waals surface area contributed by atoms with Gasteiger partial charge in [-0.15, -0.1) is 0 Å². The minimum Gasteiger partial charge on any atom is -0.495 e. The number of nitrogens with one attached hydrogen (secondary N) is 1. The van der Waals surface area contributed by atoms with Crippen molar-refractivity contribution in [1.82, 2.24) is 5.32 Å². The lowest BCUT2D eigenvalue weighted by atomic mass is 9.94. The van der Waals surface area contributed by atoms with Crippen molar-refractivity contribution in [1.29, 1.82) is 0 Å². The van der Waals surface area contributed by atoms with Crippen LogP contribution in [0.3, 0.4) is 0 Å². The topological polar surface area (TPSA) is 24.5 Å². The Morgan fingerprint density at radius 1 is 1.37 bits per heavy atom. The van der Waals surface area contributed by atoms with Crippen LogP contribution in [-0.4, -0.2) is 33.8 Å². The van der Waals surface area contributed by atoms with Crippen LogP contribution in [0.15, 0.2) is 24.3 Å². The molecule has 1 heterocycles. The lowest BCUT2D eigenvalue weighted by molar-refractivity contribution is 0.351. The van der Waals surface area contributed by atoms with Gasteiger partial charge in [0.25, 0.3) is 0 Å². The monoisotopic (exact) mass is 262 g/mol. The number of para-hydroxylation sites is 2. The molecule has 1 fully saturated rings. The van der Waals surface area contributed by atoms with Crippen LogP contribution >= 0.6 is 0 Å². The van der Waals surface area contributed by atoms with Crippen molar-refractivity contribution in [2.45, 2.75) is 25.7 Å². The number of piperidine rings is 1. The van der Waals surface area contributed by atoms with Gasteiger partial charge in [0.1, 0.15) is 5.75 Å². The summed E-state index contributed by atoms with van der Waals surface area (Å²) in [4.78, 5) is 2.30. The first-order chi connectivity index (χ1) is 9.31. The Balaban J connectivity index is 1.78. The number of nitrogens with zero attached hydrogens (tertiary/aromatic N) is 1. The van der Waals surface area contributed by atoms with Crippen LogP contribution in [0, 0.1) is 5.92 Å². The highest BCUT2D eigenvalue weighted by atomic mass is 16.5. The Kier molecular flexibility index (Phi) is 5.52. The molecule has 0 spiro atoms. The van der Waals surface area contributed by atoms with E-state index in [0.29, 0.717) is 0 Å². The minimum atomic E-state index is 0.875. The molecule has 0 aromatic heterocycles. The third kappa shape index (κ3) is 4.13. The van der Waals surface area contributed by atoms with Gasteiger partial charge >= 0.3 is 0 Å². The molecule has 19 heavy (non-hydrogen) atoms. The summed E-state index contributed by atoms with van der Waals surface area (Å²) in [6.07, 6.45) is 5.31. The first-order valence-electron chi connectivity index (χ1n) is 7.36. The van der Waals surface area contributed by atoms with Gasteiger partial charge in [-0.1, -0.05) is 12.1 Å². The predicted octanol–water partition coefficient (Wildman–Crippen LogP) is 2.91. The maximum absolute atomic E-state index is 5.41. The highest BCUT2D eigenvalue weighted by Gasteiger charge is 2.13. The SMILES string of the molecule is COc1ccccc1N(C)CCCC1CCCNC1. The Morgan fingerprint density at radius 3 is 2.95 bits per heavy atom. The normalized spacial score (nSPS) is 19.2. The predicted molar refractivity (Wildman–Crippen MR) is 81.1 cm³/mol. The quantitative estimate of drug-likeness (QED) is 0.853. The maximum Gasteiger partial charge on any atom is 0.142 e. The highest BCUT2D eigenvalue weighted by Crippen LogP contribution is 2.27. The molecule has 1 saturated heterocycles. The number of rotatable bonds is 6. The summed E-state index contributed by atoms with van der Waals surface area (Å²) in [7, 11) is 3.89. The van der Waals surface area contributed by atoms with Gasteiger partial charge in [0, 0.05) is 13.6 Å². The Morgan fingerprint density at radius 2 is 2.21 bits per heavy atom. The van der Waals surface area contributed by atoms with Crippen molar-refractivity contribution in [3.63, 3.8) is 0 Å². The smallest absolute Gasteiger partial charge is 0.142 e. The van der Waals surface area contributed by atoms with Crippen LogP contribution in [0.4, 0.5) is 5.69 Å². The molecule has 1 N–H and O–H groups in total. The maximum atomic E-state index is 5.41. The molecule has 3 heteroatoms. The molecule has 0 radical (unpaired) electrons. The Hall–Kier alpha value is -1.22. The number of hydrogen-bond acceptors (Lipinski definition) is 3. The summed E-state index contributed by atoms with van der Waals surface area (Å²) in [5.41, 5.74) is 1.19.